The van der Waals surface area contributed by atoms with Crippen LogP contribution in [0.25, 0.3) is 5.69 Å². The van der Waals surface area contributed by atoms with E-state index in [4.69, 9.17) is 17.3 Å². The summed E-state index contributed by atoms with van der Waals surface area (Å²) in [5.41, 5.74) is 7.73. The molecule has 17 heavy (non-hydrogen) atoms. The van der Waals surface area contributed by atoms with Crippen molar-refractivity contribution >= 4 is 11.6 Å². The van der Waals surface area contributed by atoms with Gasteiger partial charge >= 0.3 is 0 Å². The van der Waals surface area contributed by atoms with Crippen LogP contribution in [0, 0.1) is 6.92 Å². The van der Waals surface area contributed by atoms with Crippen molar-refractivity contribution in [3.63, 3.8) is 0 Å². The maximum absolute atomic E-state index is 12.2. The van der Waals surface area contributed by atoms with Crippen molar-refractivity contribution in [2.75, 3.05) is 0 Å². The fraction of sp³-hybridized carbons (Fsp3) is 0.154. The number of aromatic nitrogens is 1. The highest BCUT2D eigenvalue weighted by molar-refractivity contribution is 6.30. The van der Waals surface area contributed by atoms with Gasteiger partial charge in [0.2, 0.25) is 0 Å². The summed E-state index contributed by atoms with van der Waals surface area (Å²) in [5, 5.41) is 0.648. The standard InChI is InChI=1S/C13H13ClN2O/c1-9-2-3-10(8-15)13(17)16(9)12-6-4-11(14)5-7-12/h2-7H,8,15H2,1H3. The number of halogens is 1. The van der Waals surface area contributed by atoms with Crippen LogP contribution in [-0.4, -0.2) is 4.57 Å². The Hall–Kier alpha value is -1.58. The number of nitrogens with two attached hydrogens (primary N) is 1. The van der Waals surface area contributed by atoms with Crippen LogP contribution in [0.2, 0.25) is 5.02 Å². The van der Waals surface area contributed by atoms with Crippen LogP contribution < -0.4 is 11.3 Å². The smallest absolute Gasteiger partial charge is 0.259 e. The van der Waals surface area contributed by atoms with Crippen molar-refractivity contribution < 1.29 is 0 Å². The third kappa shape index (κ3) is 2.25. The molecule has 0 saturated carbocycles. The Labute approximate surface area is 104 Å². The van der Waals surface area contributed by atoms with Crippen molar-refractivity contribution in [2.45, 2.75) is 13.5 Å². The normalized spacial score (nSPS) is 10.5. The van der Waals surface area contributed by atoms with Crippen molar-refractivity contribution in [3.8, 4) is 5.69 Å². The summed E-state index contributed by atoms with van der Waals surface area (Å²) in [5.74, 6) is 0. The van der Waals surface area contributed by atoms with Crippen LogP contribution in [0.3, 0.4) is 0 Å². The predicted octanol–water partition coefficient (Wildman–Crippen LogP) is 2.26. The van der Waals surface area contributed by atoms with Crippen LogP contribution in [0.5, 0.6) is 0 Å². The average Bonchev–Trinajstić information content (AvgIpc) is 2.32. The molecule has 0 amide bonds. The second-order valence-electron chi connectivity index (χ2n) is 3.82. The Morgan fingerprint density at radius 3 is 2.41 bits per heavy atom. The van der Waals surface area contributed by atoms with Gasteiger partial charge in [-0.25, -0.2) is 0 Å². The summed E-state index contributed by atoms with van der Waals surface area (Å²) in [6.45, 7) is 2.13. The molecule has 1 aromatic heterocycles. The zero-order valence-corrected chi connectivity index (χ0v) is 10.2. The fourth-order valence-electron chi connectivity index (χ4n) is 1.74. The Balaban J connectivity index is 2.66. The van der Waals surface area contributed by atoms with Gasteiger partial charge in [0.15, 0.2) is 0 Å². The van der Waals surface area contributed by atoms with E-state index in [1.165, 1.54) is 0 Å². The minimum atomic E-state index is -0.0742. The van der Waals surface area contributed by atoms with Crippen molar-refractivity contribution in [1.82, 2.24) is 4.57 Å². The molecule has 1 aromatic carbocycles. The lowest BCUT2D eigenvalue weighted by molar-refractivity contribution is 0.888. The molecule has 88 valence electrons. The molecule has 2 rings (SSSR count). The van der Waals surface area contributed by atoms with Gasteiger partial charge in [-0.15, -0.1) is 0 Å². The van der Waals surface area contributed by atoms with Crippen LogP contribution >= 0.6 is 11.6 Å². The highest BCUT2D eigenvalue weighted by atomic mass is 35.5. The zero-order chi connectivity index (χ0) is 12.4. The molecule has 3 nitrogen and oxygen atoms in total. The van der Waals surface area contributed by atoms with Gasteiger partial charge in [0, 0.05) is 28.5 Å². The highest BCUT2D eigenvalue weighted by Gasteiger charge is 2.06. The van der Waals surface area contributed by atoms with E-state index in [1.54, 1.807) is 22.8 Å². The molecule has 1 heterocycles. The molecule has 4 heteroatoms. The van der Waals surface area contributed by atoms with Crippen LogP contribution in [-0.2, 0) is 6.54 Å². The minimum absolute atomic E-state index is 0.0742. The van der Waals surface area contributed by atoms with Crippen molar-refractivity contribution in [3.05, 3.63) is 63.0 Å². The number of benzene rings is 1. The molecule has 0 saturated heterocycles. The van der Waals surface area contributed by atoms with Gasteiger partial charge in [-0.05, 0) is 37.3 Å². The maximum Gasteiger partial charge on any atom is 0.259 e. The topological polar surface area (TPSA) is 48.0 Å². The van der Waals surface area contributed by atoms with E-state index in [0.29, 0.717) is 10.6 Å². The van der Waals surface area contributed by atoms with Gasteiger partial charge in [0.25, 0.3) is 5.56 Å². The van der Waals surface area contributed by atoms with Crippen LogP contribution in [0.1, 0.15) is 11.3 Å². The van der Waals surface area contributed by atoms with Gasteiger partial charge in [0.1, 0.15) is 0 Å². The van der Waals surface area contributed by atoms with Crippen molar-refractivity contribution in [2.24, 2.45) is 5.73 Å². The van der Waals surface area contributed by atoms with Gasteiger partial charge in [-0.1, -0.05) is 17.7 Å². The molecule has 0 aliphatic rings. The molecule has 0 spiro atoms. The molecular weight excluding hydrogens is 236 g/mol. The summed E-state index contributed by atoms with van der Waals surface area (Å²) in [7, 11) is 0. The van der Waals surface area contributed by atoms with E-state index in [0.717, 1.165) is 11.4 Å². The van der Waals surface area contributed by atoms with E-state index in [2.05, 4.69) is 0 Å². The Bertz CT molecular complexity index is 587. The van der Waals surface area contributed by atoms with Gasteiger partial charge < -0.3 is 5.73 Å². The molecule has 0 radical (unpaired) electrons. The quantitative estimate of drug-likeness (QED) is 0.886. The summed E-state index contributed by atoms with van der Waals surface area (Å²) < 4.78 is 1.64. The lowest BCUT2D eigenvalue weighted by Crippen LogP contribution is -2.25. The molecular formula is C13H13ClN2O. The van der Waals surface area contributed by atoms with Crippen LogP contribution in [0.4, 0.5) is 0 Å². The Kier molecular flexibility index (Phi) is 3.31. The summed E-state index contributed by atoms with van der Waals surface area (Å²) >= 11 is 5.83. The molecule has 2 aromatic rings. The largest absolute Gasteiger partial charge is 0.326 e. The first-order valence-electron chi connectivity index (χ1n) is 5.31. The minimum Gasteiger partial charge on any atom is -0.326 e. The first kappa shape index (κ1) is 11.9. The van der Waals surface area contributed by atoms with E-state index < -0.39 is 0 Å². The maximum atomic E-state index is 12.2. The molecule has 0 aliphatic carbocycles. The second-order valence-corrected chi connectivity index (χ2v) is 4.26. The Morgan fingerprint density at radius 2 is 1.82 bits per heavy atom. The molecule has 0 bridgehead atoms. The molecule has 2 N–H and O–H groups in total. The average molecular weight is 249 g/mol. The van der Waals surface area contributed by atoms with Gasteiger partial charge in [-0.2, -0.15) is 0 Å². The molecule has 0 atom stereocenters. The molecule has 0 fully saturated rings. The predicted molar refractivity (Wildman–Crippen MR) is 69.7 cm³/mol. The van der Waals surface area contributed by atoms with E-state index in [-0.39, 0.29) is 12.1 Å². The second kappa shape index (κ2) is 4.73. The SMILES string of the molecule is Cc1ccc(CN)c(=O)n1-c1ccc(Cl)cc1. The van der Waals surface area contributed by atoms with Gasteiger partial charge in [0.05, 0.1) is 0 Å². The number of rotatable bonds is 2. The Morgan fingerprint density at radius 1 is 1.18 bits per heavy atom. The highest BCUT2D eigenvalue weighted by Crippen LogP contribution is 2.13. The number of nitrogens with zero attached hydrogens (tertiary/aromatic N) is 1. The van der Waals surface area contributed by atoms with Crippen LogP contribution in [0.15, 0.2) is 41.2 Å². The molecule has 0 aliphatic heterocycles. The van der Waals surface area contributed by atoms with E-state index in [9.17, 15) is 4.79 Å². The first-order valence-corrected chi connectivity index (χ1v) is 5.69. The number of hydrogen-bond acceptors (Lipinski definition) is 2. The molecule has 0 unspecified atom stereocenters. The van der Waals surface area contributed by atoms with Crippen molar-refractivity contribution in [1.29, 1.82) is 0 Å². The van der Waals surface area contributed by atoms with E-state index in [1.807, 2.05) is 25.1 Å². The fourth-order valence-corrected chi connectivity index (χ4v) is 1.86. The monoisotopic (exact) mass is 248 g/mol. The number of aryl methyl sites for hydroxylation is 1. The van der Waals surface area contributed by atoms with Gasteiger partial charge in [-0.3, -0.25) is 9.36 Å². The third-order valence-electron chi connectivity index (χ3n) is 2.66. The first-order chi connectivity index (χ1) is 8.13. The summed E-state index contributed by atoms with van der Waals surface area (Å²) in [6, 6.07) is 10.8. The van der Waals surface area contributed by atoms with E-state index >= 15 is 0 Å². The number of pyridine rings is 1. The lowest BCUT2D eigenvalue weighted by atomic mass is 10.2. The summed E-state index contributed by atoms with van der Waals surface area (Å²) in [4.78, 5) is 12.2. The third-order valence-corrected chi connectivity index (χ3v) is 2.91. The number of hydrogen-bond donors (Lipinski definition) is 1. The zero-order valence-electron chi connectivity index (χ0n) is 9.48. The lowest BCUT2D eigenvalue weighted by Gasteiger charge is -2.11. The summed E-state index contributed by atoms with van der Waals surface area (Å²) in [6.07, 6.45) is 0.